The van der Waals surface area contributed by atoms with Crippen molar-refractivity contribution in [3.8, 4) is 0 Å². The van der Waals surface area contributed by atoms with E-state index in [2.05, 4.69) is 11.4 Å². The first-order valence-electron chi connectivity index (χ1n) is 5.94. The molecule has 0 atom stereocenters. The summed E-state index contributed by atoms with van der Waals surface area (Å²) in [6.45, 7) is 4.06. The number of aromatic carboxylic acids is 1. The maximum absolute atomic E-state index is 10.9. The average Bonchev–Trinajstić information content (AvgIpc) is 2.32. The number of hydrogen-bond acceptors (Lipinski definition) is 3. The summed E-state index contributed by atoms with van der Waals surface area (Å²) in [5, 5.41) is 12.2. The quantitative estimate of drug-likeness (QED) is 0.736. The molecule has 2 aromatic rings. The van der Waals surface area contributed by atoms with Crippen molar-refractivity contribution in [1.82, 2.24) is 0 Å². The third kappa shape index (κ3) is 2.85. The molecule has 4 nitrogen and oxygen atoms in total. The first-order chi connectivity index (χ1) is 8.97. The first-order valence-corrected chi connectivity index (χ1v) is 5.94. The third-order valence-corrected chi connectivity index (χ3v) is 2.94. The van der Waals surface area contributed by atoms with Gasteiger partial charge in [0, 0.05) is 17.1 Å². The molecule has 0 unspecified atom stereocenters. The van der Waals surface area contributed by atoms with Crippen molar-refractivity contribution in [3.63, 3.8) is 0 Å². The summed E-state index contributed by atoms with van der Waals surface area (Å²) in [5.41, 5.74) is 10.2. The van der Waals surface area contributed by atoms with Crippen LogP contribution in [-0.4, -0.2) is 11.1 Å². The van der Waals surface area contributed by atoms with Crippen LogP contribution in [0.3, 0.4) is 0 Å². The molecule has 0 fully saturated rings. The predicted molar refractivity (Wildman–Crippen MR) is 77.0 cm³/mol. The summed E-state index contributed by atoms with van der Waals surface area (Å²) in [5.74, 6) is -1.02. The lowest BCUT2D eigenvalue weighted by Crippen LogP contribution is -2.03. The SMILES string of the molecule is Cc1ccc(Nc2ccc(C(=O)O)c(N)c2)c(C)c1. The van der Waals surface area contributed by atoms with Gasteiger partial charge in [0.05, 0.1) is 5.56 Å². The fourth-order valence-electron chi connectivity index (χ4n) is 1.94. The minimum atomic E-state index is -1.02. The zero-order valence-electron chi connectivity index (χ0n) is 10.9. The Kier molecular flexibility index (Phi) is 3.42. The van der Waals surface area contributed by atoms with Crippen molar-refractivity contribution in [2.75, 3.05) is 11.1 Å². The number of carboxylic acid groups (broad SMARTS) is 1. The molecule has 4 N–H and O–H groups in total. The summed E-state index contributed by atoms with van der Waals surface area (Å²) in [6.07, 6.45) is 0. The van der Waals surface area contributed by atoms with Crippen molar-refractivity contribution in [1.29, 1.82) is 0 Å². The van der Waals surface area contributed by atoms with E-state index in [9.17, 15) is 4.79 Å². The second kappa shape index (κ2) is 5.02. The van der Waals surface area contributed by atoms with Crippen LogP contribution in [0.2, 0.25) is 0 Å². The summed E-state index contributed by atoms with van der Waals surface area (Å²) >= 11 is 0. The summed E-state index contributed by atoms with van der Waals surface area (Å²) in [6, 6.07) is 10.9. The molecule has 4 heteroatoms. The number of nitrogens with one attached hydrogen (secondary N) is 1. The first kappa shape index (κ1) is 13.0. The Hall–Kier alpha value is -2.49. The number of benzene rings is 2. The van der Waals surface area contributed by atoms with Crippen LogP contribution in [0.5, 0.6) is 0 Å². The van der Waals surface area contributed by atoms with Gasteiger partial charge in [-0.2, -0.15) is 0 Å². The van der Waals surface area contributed by atoms with Gasteiger partial charge in [-0.1, -0.05) is 17.7 Å². The number of rotatable bonds is 3. The van der Waals surface area contributed by atoms with Crippen molar-refractivity contribution in [2.24, 2.45) is 0 Å². The Morgan fingerprint density at radius 2 is 1.89 bits per heavy atom. The number of anilines is 3. The molecular weight excluding hydrogens is 240 g/mol. The number of nitrogen functional groups attached to an aromatic ring is 1. The molecule has 0 aliphatic heterocycles. The number of hydrogen-bond donors (Lipinski definition) is 3. The summed E-state index contributed by atoms with van der Waals surface area (Å²) in [7, 11) is 0. The molecule has 0 aliphatic carbocycles. The monoisotopic (exact) mass is 256 g/mol. The number of carbonyl (C=O) groups is 1. The normalized spacial score (nSPS) is 10.2. The Balaban J connectivity index is 2.29. The van der Waals surface area contributed by atoms with Gasteiger partial charge in [-0.3, -0.25) is 0 Å². The van der Waals surface area contributed by atoms with Crippen LogP contribution < -0.4 is 11.1 Å². The zero-order chi connectivity index (χ0) is 14.0. The highest BCUT2D eigenvalue weighted by Crippen LogP contribution is 2.24. The Morgan fingerprint density at radius 3 is 2.47 bits per heavy atom. The highest BCUT2D eigenvalue weighted by Gasteiger charge is 2.08. The van der Waals surface area contributed by atoms with Crippen LogP contribution in [0.25, 0.3) is 0 Å². The minimum Gasteiger partial charge on any atom is -0.478 e. The summed E-state index contributed by atoms with van der Waals surface area (Å²) in [4.78, 5) is 10.9. The molecule has 0 bridgehead atoms. The average molecular weight is 256 g/mol. The van der Waals surface area contributed by atoms with Gasteiger partial charge in [-0.25, -0.2) is 4.79 Å². The van der Waals surface area contributed by atoms with Crippen molar-refractivity contribution in [2.45, 2.75) is 13.8 Å². The van der Waals surface area contributed by atoms with Crippen LogP contribution in [0.15, 0.2) is 36.4 Å². The highest BCUT2D eigenvalue weighted by atomic mass is 16.4. The topological polar surface area (TPSA) is 75.3 Å². The minimum absolute atomic E-state index is 0.117. The van der Waals surface area contributed by atoms with E-state index in [0.717, 1.165) is 16.9 Å². The van der Waals surface area contributed by atoms with E-state index in [-0.39, 0.29) is 11.3 Å². The molecule has 2 aromatic carbocycles. The van der Waals surface area contributed by atoms with E-state index in [1.807, 2.05) is 26.0 Å². The van der Waals surface area contributed by atoms with Gasteiger partial charge in [-0.05, 0) is 43.7 Å². The third-order valence-electron chi connectivity index (χ3n) is 2.94. The standard InChI is InChI=1S/C15H16N2O2/c1-9-3-6-14(10(2)7-9)17-11-4-5-12(15(18)19)13(16)8-11/h3-8,17H,16H2,1-2H3,(H,18,19). The molecule has 0 heterocycles. The van der Waals surface area contributed by atoms with E-state index >= 15 is 0 Å². The Bertz CT molecular complexity index is 636. The Morgan fingerprint density at radius 1 is 1.16 bits per heavy atom. The van der Waals surface area contributed by atoms with Crippen LogP contribution >= 0.6 is 0 Å². The summed E-state index contributed by atoms with van der Waals surface area (Å²) < 4.78 is 0. The predicted octanol–water partition coefficient (Wildman–Crippen LogP) is 3.33. The van der Waals surface area contributed by atoms with Crippen molar-refractivity contribution in [3.05, 3.63) is 53.1 Å². The molecule has 0 saturated carbocycles. The van der Waals surface area contributed by atoms with Crippen LogP contribution in [0, 0.1) is 13.8 Å². The van der Waals surface area contributed by atoms with Crippen molar-refractivity contribution < 1.29 is 9.90 Å². The molecule has 19 heavy (non-hydrogen) atoms. The molecule has 0 spiro atoms. The molecule has 0 aromatic heterocycles. The molecule has 0 aliphatic rings. The number of nitrogens with two attached hydrogens (primary N) is 1. The van der Waals surface area contributed by atoms with E-state index in [1.54, 1.807) is 12.1 Å². The fourth-order valence-corrected chi connectivity index (χ4v) is 1.94. The van der Waals surface area contributed by atoms with Gasteiger partial charge in [0.25, 0.3) is 0 Å². The highest BCUT2D eigenvalue weighted by molar-refractivity contribution is 5.94. The van der Waals surface area contributed by atoms with E-state index in [0.29, 0.717) is 0 Å². The zero-order valence-corrected chi connectivity index (χ0v) is 10.9. The molecule has 0 saturated heterocycles. The molecule has 98 valence electrons. The van der Waals surface area contributed by atoms with Crippen LogP contribution in [0.4, 0.5) is 17.1 Å². The van der Waals surface area contributed by atoms with Gasteiger partial charge in [0.15, 0.2) is 0 Å². The second-order valence-corrected chi connectivity index (χ2v) is 4.55. The lowest BCUT2D eigenvalue weighted by atomic mass is 10.1. The lowest BCUT2D eigenvalue weighted by molar-refractivity contribution is 0.0698. The van der Waals surface area contributed by atoms with Gasteiger partial charge in [0.1, 0.15) is 0 Å². The lowest BCUT2D eigenvalue weighted by Gasteiger charge is -2.11. The molecule has 0 radical (unpaired) electrons. The van der Waals surface area contributed by atoms with Gasteiger partial charge >= 0.3 is 5.97 Å². The van der Waals surface area contributed by atoms with Crippen LogP contribution in [0.1, 0.15) is 21.5 Å². The molecule has 0 amide bonds. The smallest absolute Gasteiger partial charge is 0.337 e. The molecular formula is C15H16N2O2. The fraction of sp³-hybridized carbons (Fsp3) is 0.133. The maximum Gasteiger partial charge on any atom is 0.337 e. The second-order valence-electron chi connectivity index (χ2n) is 4.55. The van der Waals surface area contributed by atoms with E-state index in [1.165, 1.54) is 11.6 Å². The Labute approximate surface area is 111 Å². The van der Waals surface area contributed by atoms with Gasteiger partial charge in [-0.15, -0.1) is 0 Å². The van der Waals surface area contributed by atoms with Crippen molar-refractivity contribution >= 4 is 23.0 Å². The largest absolute Gasteiger partial charge is 0.478 e. The number of aryl methyl sites for hydroxylation is 2. The van der Waals surface area contributed by atoms with Crippen LogP contribution in [-0.2, 0) is 0 Å². The van der Waals surface area contributed by atoms with E-state index < -0.39 is 5.97 Å². The van der Waals surface area contributed by atoms with Gasteiger partial charge in [0.2, 0.25) is 0 Å². The van der Waals surface area contributed by atoms with E-state index in [4.69, 9.17) is 10.8 Å². The molecule has 2 rings (SSSR count). The number of carboxylic acids is 1. The van der Waals surface area contributed by atoms with Gasteiger partial charge < -0.3 is 16.2 Å². The maximum atomic E-state index is 10.9.